The molecule has 86 valence electrons. The largest absolute Gasteiger partial charge is 0.434 e. The molecule has 4 N–H and O–H groups in total. The first-order valence-corrected chi connectivity index (χ1v) is 3.93. The summed E-state index contributed by atoms with van der Waals surface area (Å²) in [6, 6.07) is 0. The number of ether oxygens (including phenoxy) is 3. The van der Waals surface area contributed by atoms with Crippen LogP contribution < -0.4 is 11.5 Å². The van der Waals surface area contributed by atoms with Crippen molar-refractivity contribution in [2.75, 3.05) is 13.7 Å². The first kappa shape index (κ1) is 13.2. The molecule has 0 aromatic heterocycles. The molecule has 0 aromatic carbocycles. The van der Waals surface area contributed by atoms with Crippen molar-refractivity contribution in [2.24, 2.45) is 11.5 Å². The molecule has 0 aliphatic rings. The van der Waals surface area contributed by atoms with Crippen molar-refractivity contribution in [1.82, 2.24) is 0 Å². The summed E-state index contributed by atoms with van der Waals surface area (Å²) in [5.74, 6) is -1.08. The van der Waals surface area contributed by atoms with E-state index in [2.05, 4.69) is 19.9 Å². The van der Waals surface area contributed by atoms with Gasteiger partial charge in [-0.2, -0.15) is 0 Å². The minimum atomic E-state index is -1.30. The molecule has 8 heteroatoms. The van der Waals surface area contributed by atoms with E-state index in [0.29, 0.717) is 0 Å². The predicted octanol–water partition coefficient (Wildman–Crippen LogP) is -0.891. The summed E-state index contributed by atoms with van der Waals surface area (Å²) >= 11 is 0. The molecule has 0 heterocycles. The molecule has 0 fully saturated rings. The Hall–Kier alpha value is -1.83. The minimum Gasteiger partial charge on any atom is -0.434 e. The molecule has 1 unspecified atom stereocenters. The van der Waals surface area contributed by atoms with Gasteiger partial charge in [0.1, 0.15) is 0 Å². The molecule has 0 radical (unpaired) electrons. The maximum Gasteiger partial charge on any atom is 0.412 e. The van der Waals surface area contributed by atoms with Crippen LogP contribution in [-0.4, -0.2) is 38.0 Å². The zero-order chi connectivity index (χ0) is 11.8. The summed E-state index contributed by atoms with van der Waals surface area (Å²) in [7, 11) is 1.39. The van der Waals surface area contributed by atoms with Gasteiger partial charge in [-0.3, -0.25) is 0 Å². The van der Waals surface area contributed by atoms with Crippen molar-refractivity contribution < 1.29 is 28.6 Å². The van der Waals surface area contributed by atoms with Crippen LogP contribution in [0.5, 0.6) is 0 Å². The molecule has 0 aliphatic carbocycles. The Balaban J connectivity index is 4.26. The number of hydrogen-bond donors (Lipinski definition) is 2. The monoisotopic (exact) mass is 220 g/mol. The molecular formula is C7H12N2O6. The van der Waals surface area contributed by atoms with Gasteiger partial charge in [-0.25, -0.2) is 14.4 Å². The lowest BCUT2D eigenvalue weighted by Gasteiger charge is -2.13. The van der Waals surface area contributed by atoms with Gasteiger partial charge in [0.2, 0.25) is 6.10 Å². The second-order valence-corrected chi connectivity index (χ2v) is 2.45. The first-order chi connectivity index (χ1) is 6.97. The molecule has 0 spiro atoms. The standard InChI is InChI=1S/C7H12N2O6/c1-13-3-2-4(14-6(8)11)5(10)15-7(9)12/h4H,2-3H2,1H3,(H2,8,11)(H2,9,12). The molecule has 0 aliphatic heterocycles. The topological polar surface area (TPSA) is 131 Å². The highest BCUT2D eigenvalue weighted by atomic mass is 16.6. The number of hydrogen-bond acceptors (Lipinski definition) is 6. The zero-order valence-corrected chi connectivity index (χ0v) is 8.10. The van der Waals surface area contributed by atoms with Crippen LogP contribution in [-0.2, 0) is 19.0 Å². The van der Waals surface area contributed by atoms with Gasteiger partial charge in [0.15, 0.2) is 0 Å². The number of amides is 2. The number of esters is 1. The van der Waals surface area contributed by atoms with Crippen molar-refractivity contribution in [3.63, 3.8) is 0 Å². The summed E-state index contributed by atoms with van der Waals surface area (Å²) in [5.41, 5.74) is 9.31. The van der Waals surface area contributed by atoms with Gasteiger partial charge in [0.05, 0.1) is 6.61 Å². The van der Waals surface area contributed by atoms with E-state index in [1.165, 1.54) is 7.11 Å². The van der Waals surface area contributed by atoms with Crippen molar-refractivity contribution in [3.05, 3.63) is 0 Å². The zero-order valence-electron chi connectivity index (χ0n) is 8.10. The summed E-state index contributed by atoms with van der Waals surface area (Å²) in [6.45, 7) is 0.131. The molecule has 8 nitrogen and oxygen atoms in total. The fraction of sp³-hybridized carbons (Fsp3) is 0.571. The Labute approximate surface area is 85.4 Å². The number of methoxy groups -OCH3 is 1. The van der Waals surface area contributed by atoms with E-state index < -0.39 is 24.3 Å². The maximum absolute atomic E-state index is 11.1. The first-order valence-electron chi connectivity index (χ1n) is 3.93. The second-order valence-electron chi connectivity index (χ2n) is 2.45. The highest BCUT2D eigenvalue weighted by Crippen LogP contribution is 2.02. The van der Waals surface area contributed by atoms with Crippen LogP contribution >= 0.6 is 0 Å². The molecule has 0 bridgehead atoms. The average molecular weight is 220 g/mol. The average Bonchev–Trinajstić information content (AvgIpc) is 2.10. The highest BCUT2D eigenvalue weighted by molar-refractivity contribution is 5.87. The Morgan fingerprint density at radius 2 is 1.80 bits per heavy atom. The summed E-state index contributed by atoms with van der Waals surface area (Å²) in [4.78, 5) is 31.7. The maximum atomic E-state index is 11.1. The van der Waals surface area contributed by atoms with Crippen molar-refractivity contribution in [1.29, 1.82) is 0 Å². The van der Waals surface area contributed by atoms with Gasteiger partial charge in [0, 0.05) is 13.5 Å². The van der Waals surface area contributed by atoms with Gasteiger partial charge in [0.25, 0.3) is 0 Å². The fourth-order valence-electron chi connectivity index (χ4n) is 0.755. The van der Waals surface area contributed by atoms with Gasteiger partial charge < -0.3 is 25.7 Å². The Kier molecular flexibility index (Phi) is 5.79. The number of nitrogens with two attached hydrogens (primary N) is 2. The van der Waals surface area contributed by atoms with E-state index in [-0.39, 0.29) is 13.0 Å². The van der Waals surface area contributed by atoms with Crippen LogP contribution in [0.3, 0.4) is 0 Å². The number of carbonyl (C=O) groups excluding carboxylic acids is 3. The van der Waals surface area contributed by atoms with E-state index >= 15 is 0 Å². The van der Waals surface area contributed by atoms with Crippen molar-refractivity contribution >= 4 is 18.2 Å². The second kappa shape index (κ2) is 6.60. The third-order valence-electron chi connectivity index (χ3n) is 1.31. The lowest BCUT2D eigenvalue weighted by atomic mass is 10.2. The predicted molar refractivity (Wildman–Crippen MR) is 46.6 cm³/mol. The van der Waals surface area contributed by atoms with E-state index in [9.17, 15) is 14.4 Å². The molecule has 1 atom stereocenters. The van der Waals surface area contributed by atoms with Crippen LogP contribution in [0.2, 0.25) is 0 Å². The normalized spacial score (nSPS) is 11.5. The Morgan fingerprint density at radius 1 is 1.20 bits per heavy atom. The quantitative estimate of drug-likeness (QED) is 0.456. The van der Waals surface area contributed by atoms with Crippen molar-refractivity contribution in [2.45, 2.75) is 12.5 Å². The van der Waals surface area contributed by atoms with Gasteiger partial charge in [-0.1, -0.05) is 0 Å². The summed E-state index contributed by atoms with van der Waals surface area (Å²) < 4.78 is 13.1. The van der Waals surface area contributed by atoms with Crippen molar-refractivity contribution in [3.8, 4) is 0 Å². The highest BCUT2D eigenvalue weighted by Gasteiger charge is 2.24. The number of primary amides is 2. The van der Waals surface area contributed by atoms with Gasteiger partial charge in [-0.15, -0.1) is 0 Å². The number of carbonyl (C=O) groups is 3. The Bertz CT molecular complexity index is 254. The summed E-state index contributed by atoms with van der Waals surface area (Å²) in [6.07, 6.45) is -3.71. The lowest BCUT2D eigenvalue weighted by Crippen LogP contribution is -2.34. The molecule has 2 amide bonds. The van der Waals surface area contributed by atoms with Crippen LogP contribution in [0.1, 0.15) is 6.42 Å². The van der Waals surface area contributed by atoms with Gasteiger partial charge >= 0.3 is 18.2 Å². The van der Waals surface area contributed by atoms with Gasteiger partial charge in [-0.05, 0) is 0 Å². The van der Waals surface area contributed by atoms with E-state index in [1.54, 1.807) is 0 Å². The molecule has 15 heavy (non-hydrogen) atoms. The van der Waals surface area contributed by atoms with Crippen LogP contribution in [0.15, 0.2) is 0 Å². The smallest absolute Gasteiger partial charge is 0.412 e. The van der Waals surface area contributed by atoms with E-state index in [1.807, 2.05) is 0 Å². The van der Waals surface area contributed by atoms with E-state index in [0.717, 1.165) is 0 Å². The van der Waals surface area contributed by atoms with Crippen LogP contribution in [0.4, 0.5) is 9.59 Å². The van der Waals surface area contributed by atoms with Crippen LogP contribution in [0, 0.1) is 0 Å². The Morgan fingerprint density at radius 3 is 2.20 bits per heavy atom. The molecule has 0 rings (SSSR count). The minimum absolute atomic E-state index is 0.0194. The van der Waals surface area contributed by atoms with Crippen LogP contribution in [0.25, 0.3) is 0 Å². The SMILES string of the molecule is COCCC(OC(N)=O)C(=O)OC(N)=O. The molecule has 0 saturated heterocycles. The summed E-state index contributed by atoms with van der Waals surface area (Å²) in [5, 5.41) is 0. The molecule has 0 aromatic rings. The molecule has 0 saturated carbocycles. The van der Waals surface area contributed by atoms with E-state index in [4.69, 9.17) is 5.73 Å². The lowest BCUT2D eigenvalue weighted by molar-refractivity contribution is -0.147. The third kappa shape index (κ3) is 6.27. The number of rotatable bonds is 5. The fourth-order valence-corrected chi connectivity index (χ4v) is 0.755. The third-order valence-corrected chi connectivity index (χ3v) is 1.31. The molecular weight excluding hydrogens is 208 g/mol.